The summed E-state index contributed by atoms with van der Waals surface area (Å²) >= 11 is 0. The summed E-state index contributed by atoms with van der Waals surface area (Å²) in [7, 11) is 0. The average molecular weight is 261 g/mol. The maximum absolute atomic E-state index is 11.1. The van der Waals surface area contributed by atoms with Crippen molar-refractivity contribution in [1.82, 2.24) is 4.90 Å². The van der Waals surface area contributed by atoms with Crippen LogP contribution < -0.4 is 0 Å². The molecule has 1 aliphatic rings. The summed E-state index contributed by atoms with van der Waals surface area (Å²) in [5.41, 5.74) is 1.40. The summed E-state index contributed by atoms with van der Waals surface area (Å²) in [5, 5.41) is 9.13. The van der Waals surface area contributed by atoms with Gasteiger partial charge in [0.05, 0.1) is 0 Å². The van der Waals surface area contributed by atoms with Crippen molar-refractivity contribution in [2.24, 2.45) is 5.92 Å². The number of benzene rings is 1. The Hall–Kier alpha value is -1.35. The van der Waals surface area contributed by atoms with Crippen molar-refractivity contribution in [2.75, 3.05) is 13.1 Å². The topological polar surface area (TPSA) is 40.5 Å². The molecule has 1 aromatic rings. The number of nitrogens with zero attached hydrogens (tertiary/aromatic N) is 1. The number of hydrogen-bond donors (Lipinski definition) is 1. The Bertz CT molecular complexity index is 418. The van der Waals surface area contributed by atoms with E-state index in [1.54, 1.807) is 6.92 Å². The van der Waals surface area contributed by atoms with Crippen molar-refractivity contribution in [3.8, 4) is 0 Å². The molecule has 1 aromatic carbocycles. The first-order chi connectivity index (χ1) is 9.13. The fraction of sp³-hybridized carbons (Fsp3) is 0.562. The van der Waals surface area contributed by atoms with Gasteiger partial charge in [0.25, 0.3) is 0 Å². The van der Waals surface area contributed by atoms with Gasteiger partial charge in [0, 0.05) is 6.54 Å². The molecule has 1 aliphatic heterocycles. The molecule has 0 bridgehead atoms. The molecule has 0 saturated carbocycles. The Kier molecular flexibility index (Phi) is 4.59. The molecule has 0 amide bonds. The molecule has 3 nitrogen and oxygen atoms in total. The standard InChI is InChI=1S/C16H23NO2/c1-3-13-11-17(12(2)16(18)19)10-9-15(13)14-7-5-4-6-8-14/h4-8,12-13,15H,3,9-11H2,1-2H3,(H,18,19). The first kappa shape index (κ1) is 14.1. The molecular formula is C16H23NO2. The Morgan fingerprint density at radius 3 is 2.68 bits per heavy atom. The van der Waals surface area contributed by atoms with Crippen LogP contribution in [0.1, 0.15) is 38.2 Å². The summed E-state index contributed by atoms with van der Waals surface area (Å²) in [5.74, 6) is 0.411. The lowest BCUT2D eigenvalue weighted by Crippen LogP contribution is -2.47. The van der Waals surface area contributed by atoms with E-state index in [1.165, 1.54) is 5.56 Å². The van der Waals surface area contributed by atoms with E-state index in [9.17, 15) is 4.79 Å². The quantitative estimate of drug-likeness (QED) is 0.906. The monoisotopic (exact) mass is 261 g/mol. The third-order valence-electron chi connectivity index (χ3n) is 4.42. The van der Waals surface area contributed by atoms with Crippen LogP contribution in [-0.4, -0.2) is 35.1 Å². The van der Waals surface area contributed by atoms with Crippen molar-refractivity contribution in [3.05, 3.63) is 35.9 Å². The highest BCUT2D eigenvalue weighted by molar-refractivity contribution is 5.72. The molecule has 2 rings (SSSR count). The summed E-state index contributed by atoms with van der Waals surface area (Å²) in [6.07, 6.45) is 2.16. The second kappa shape index (κ2) is 6.20. The minimum Gasteiger partial charge on any atom is -0.480 e. The number of hydrogen-bond acceptors (Lipinski definition) is 2. The van der Waals surface area contributed by atoms with Crippen LogP contribution in [0.25, 0.3) is 0 Å². The average Bonchev–Trinajstić information content (AvgIpc) is 2.46. The van der Waals surface area contributed by atoms with Crippen LogP contribution in [0, 0.1) is 5.92 Å². The van der Waals surface area contributed by atoms with Gasteiger partial charge in [-0.05, 0) is 37.3 Å². The third-order valence-corrected chi connectivity index (χ3v) is 4.42. The molecule has 104 valence electrons. The number of aliphatic carboxylic acids is 1. The molecule has 1 N–H and O–H groups in total. The summed E-state index contributed by atoms with van der Waals surface area (Å²) in [6.45, 7) is 5.76. The lowest BCUT2D eigenvalue weighted by molar-refractivity contribution is -0.143. The molecule has 0 spiro atoms. The van der Waals surface area contributed by atoms with Crippen molar-refractivity contribution in [3.63, 3.8) is 0 Å². The summed E-state index contributed by atoms with van der Waals surface area (Å²) in [6, 6.07) is 10.3. The van der Waals surface area contributed by atoms with Crippen molar-refractivity contribution in [2.45, 2.75) is 38.6 Å². The normalized spacial score (nSPS) is 26.0. The molecule has 0 aromatic heterocycles. The van der Waals surface area contributed by atoms with E-state index in [4.69, 9.17) is 5.11 Å². The first-order valence-corrected chi connectivity index (χ1v) is 7.15. The molecular weight excluding hydrogens is 238 g/mol. The van der Waals surface area contributed by atoms with Gasteiger partial charge in [-0.3, -0.25) is 9.69 Å². The molecule has 0 radical (unpaired) electrons. The highest BCUT2D eigenvalue weighted by Crippen LogP contribution is 2.35. The third kappa shape index (κ3) is 3.16. The van der Waals surface area contributed by atoms with Crippen LogP contribution in [0.3, 0.4) is 0 Å². The van der Waals surface area contributed by atoms with E-state index in [2.05, 4.69) is 36.1 Å². The molecule has 0 aliphatic carbocycles. The fourth-order valence-electron chi connectivity index (χ4n) is 3.12. The lowest BCUT2D eigenvalue weighted by atomic mass is 9.79. The highest BCUT2D eigenvalue weighted by Gasteiger charge is 2.32. The van der Waals surface area contributed by atoms with Gasteiger partial charge in [-0.15, -0.1) is 0 Å². The van der Waals surface area contributed by atoms with Crippen LogP contribution >= 0.6 is 0 Å². The van der Waals surface area contributed by atoms with Gasteiger partial charge in [-0.2, -0.15) is 0 Å². The summed E-state index contributed by atoms with van der Waals surface area (Å²) < 4.78 is 0. The minimum atomic E-state index is -0.715. The smallest absolute Gasteiger partial charge is 0.320 e. The van der Waals surface area contributed by atoms with E-state index in [0.717, 1.165) is 25.9 Å². The number of carboxylic acids is 1. The fourth-order valence-corrected chi connectivity index (χ4v) is 3.12. The van der Waals surface area contributed by atoms with Crippen LogP contribution in [0.5, 0.6) is 0 Å². The van der Waals surface area contributed by atoms with E-state index >= 15 is 0 Å². The number of rotatable bonds is 4. The van der Waals surface area contributed by atoms with Crippen molar-refractivity contribution < 1.29 is 9.90 Å². The molecule has 3 heteroatoms. The maximum Gasteiger partial charge on any atom is 0.320 e. The van der Waals surface area contributed by atoms with E-state index in [0.29, 0.717) is 11.8 Å². The summed E-state index contributed by atoms with van der Waals surface area (Å²) in [4.78, 5) is 13.2. The zero-order valence-corrected chi connectivity index (χ0v) is 11.7. The minimum absolute atomic E-state index is 0.370. The van der Waals surface area contributed by atoms with Gasteiger partial charge < -0.3 is 5.11 Å². The Morgan fingerprint density at radius 2 is 2.11 bits per heavy atom. The maximum atomic E-state index is 11.1. The largest absolute Gasteiger partial charge is 0.480 e. The lowest BCUT2D eigenvalue weighted by Gasteiger charge is -2.40. The zero-order valence-electron chi connectivity index (χ0n) is 11.7. The molecule has 1 heterocycles. The molecule has 3 unspecified atom stereocenters. The van der Waals surface area contributed by atoms with E-state index in [1.807, 2.05) is 6.07 Å². The number of carboxylic acid groups (broad SMARTS) is 1. The van der Waals surface area contributed by atoms with Gasteiger partial charge >= 0.3 is 5.97 Å². The Morgan fingerprint density at radius 1 is 1.42 bits per heavy atom. The van der Waals surface area contributed by atoms with Gasteiger partial charge in [-0.1, -0.05) is 43.7 Å². The number of piperidine rings is 1. The molecule has 19 heavy (non-hydrogen) atoms. The molecule has 1 saturated heterocycles. The van der Waals surface area contributed by atoms with Gasteiger partial charge in [0.2, 0.25) is 0 Å². The first-order valence-electron chi connectivity index (χ1n) is 7.15. The highest BCUT2D eigenvalue weighted by atomic mass is 16.4. The van der Waals surface area contributed by atoms with E-state index in [-0.39, 0.29) is 6.04 Å². The predicted molar refractivity (Wildman–Crippen MR) is 76.3 cm³/mol. The second-order valence-corrected chi connectivity index (χ2v) is 5.48. The van der Waals surface area contributed by atoms with Gasteiger partial charge in [0.15, 0.2) is 0 Å². The van der Waals surface area contributed by atoms with Gasteiger partial charge in [-0.25, -0.2) is 0 Å². The zero-order chi connectivity index (χ0) is 13.8. The van der Waals surface area contributed by atoms with Crippen molar-refractivity contribution in [1.29, 1.82) is 0 Å². The Labute approximate surface area is 115 Å². The van der Waals surface area contributed by atoms with Crippen LogP contribution in [0.2, 0.25) is 0 Å². The van der Waals surface area contributed by atoms with Gasteiger partial charge in [0.1, 0.15) is 6.04 Å². The van der Waals surface area contributed by atoms with Crippen LogP contribution in [0.15, 0.2) is 30.3 Å². The van der Waals surface area contributed by atoms with Crippen LogP contribution in [0.4, 0.5) is 0 Å². The molecule has 3 atom stereocenters. The molecule has 1 fully saturated rings. The van der Waals surface area contributed by atoms with Crippen LogP contribution in [-0.2, 0) is 4.79 Å². The van der Waals surface area contributed by atoms with E-state index < -0.39 is 5.97 Å². The number of likely N-dealkylation sites (tertiary alicyclic amines) is 1. The van der Waals surface area contributed by atoms with Crippen molar-refractivity contribution >= 4 is 5.97 Å². The SMILES string of the molecule is CCC1CN(C(C)C(=O)O)CCC1c1ccccc1. The predicted octanol–water partition coefficient (Wildman–Crippen LogP) is 2.98. The number of carbonyl (C=O) groups is 1. The Balaban J connectivity index is 2.09. The second-order valence-electron chi connectivity index (χ2n) is 5.48.